The van der Waals surface area contributed by atoms with Crippen LogP contribution in [0.5, 0.6) is 5.75 Å². The van der Waals surface area contributed by atoms with Crippen LogP contribution in [0.3, 0.4) is 0 Å². The van der Waals surface area contributed by atoms with E-state index in [-0.39, 0.29) is 18.6 Å². The molecule has 1 aromatic carbocycles. The van der Waals surface area contributed by atoms with Gasteiger partial charge in [0.1, 0.15) is 24.2 Å². The number of β-amino-alcohol motifs (C(OH)–C–C–N with tert-alkyl or cyclic N) is 1. The molecule has 1 saturated carbocycles. The third-order valence-corrected chi connectivity index (χ3v) is 7.37. The van der Waals surface area contributed by atoms with Gasteiger partial charge in [-0.1, -0.05) is 6.07 Å². The zero-order chi connectivity index (χ0) is 24.9. The first-order valence-corrected chi connectivity index (χ1v) is 13.0. The number of nitrogens with zero attached hydrogens (tertiary/aromatic N) is 2. The van der Waals surface area contributed by atoms with Crippen LogP contribution in [0.25, 0.3) is 0 Å². The highest BCUT2D eigenvalue weighted by atomic mass is 16.5. The van der Waals surface area contributed by atoms with Crippen molar-refractivity contribution in [3.05, 3.63) is 52.8 Å². The maximum atomic E-state index is 12.6. The lowest BCUT2D eigenvalue weighted by molar-refractivity contribution is 0.0713. The van der Waals surface area contributed by atoms with Gasteiger partial charge in [0, 0.05) is 50.6 Å². The van der Waals surface area contributed by atoms with E-state index in [4.69, 9.17) is 9.47 Å². The molecule has 2 aromatic rings. The van der Waals surface area contributed by atoms with Gasteiger partial charge >= 0.3 is 0 Å². The molecule has 1 unspecified atom stereocenters. The molecule has 1 aromatic heterocycles. The molecular weight excluding hydrogens is 458 g/mol. The van der Waals surface area contributed by atoms with Crippen LogP contribution in [-0.4, -0.2) is 78.7 Å². The number of fused-ring (bicyclic) bond motifs is 1. The van der Waals surface area contributed by atoms with Gasteiger partial charge < -0.3 is 25.2 Å². The largest absolute Gasteiger partial charge is 0.491 e. The molecule has 5 rings (SSSR count). The van der Waals surface area contributed by atoms with Crippen molar-refractivity contribution in [2.45, 2.75) is 57.4 Å². The second kappa shape index (κ2) is 11.6. The first-order valence-electron chi connectivity index (χ1n) is 13.0. The van der Waals surface area contributed by atoms with Crippen molar-refractivity contribution >= 4 is 11.6 Å². The van der Waals surface area contributed by atoms with Crippen molar-refractivity contribution in [3.8, 4) is 5.75 Å². The predicted octanol–water partition coefficient (Wildman–Crippen LogP) is 1.83. The summed E-state index contributed by atoms with van der Waals surface area (Å²) >= 11 is 0. The molecule has 2 atom stereocenters. The van der Waals surface area contributed by atoms with Gasteiger partial charge in [-0.3, -0.25) is 20.0 Å². The van der Waals surface area contributed by atoms with Crippen LogP contribution in [0, 0.1) is 6.92 Å². The molecule has 3 heterocycles. The minimum atomic E-state index is -0.657. The molecule has 1 saturated heterocycles. The topological polar surface area (TPSA) is 108 Å². The number of amides is 1. The maximum Gasteiger partial charge on any atom is 0.270 e. The van der Waals surface area contributed by atoms with Crippen LogP contribution in [0.2, 0.25) is 0 Å². The van der Waals surface area contributed by atoms with Crippen LogP contribution >= 0.6 is 0 Å². The van der Waals surface area contributed by atoms with Crippen LogP contribution in [0.1, 0.15) is 46.4 Å². The fraction of sp³-hybridized carbons (Fsp3) is 0.556. The number of carbonyl (C=O) groups is 1. The quantitative estimate of drug-likeness (QED) is 0.396. The summed E-state index contributed by atoms with van der Waals surface area (Å²) in [6.45, 7) is 6.39. The number of rotatable bonds is 10. The molecule has 4 N–H and O–H groups in total. The third kappa shape index (κ3) is 6.15. The van der Waals surface area contributed by atoms with Gasteiger partial charge in [-0.05, 0) is 67.5 Å². The summed E-state index contributed by atoms with van der Waals surface area (Å²) in [6.07, 6.45) is 5.58. The molecule has 1 aliphatic carbocycles. The number of hydrogen-bond acceptors (Lipinski definition) is 8. The molecule has 3 aliphatic rings. The molecule has 194 valence electrons. The normalized spacial score (nSPS) is 20.9. The zero-order valence-electron chi connectivity index (χ0n) is 21.0. The van der Waals surface area contributed by atoms with E-state index in [1.165, 1.54) is 36.0 Å². The Hall–Kier alpha value is -2.72. The number of nitrogens with one attached hydrogen (secondary N) is 3. The number of aliphatic hydroxyl groups excluding tert-OH is 1. The number of aromatic nitrogens is 1. The molecule has 2 aliphatic heterocycles. The number of benzene rings is 1. The monoisotopic (exact) mass is 495 g/mol. The Labute approximate surface area is 212 Å². The molecule has 2 fully saturated rings. The van der Waals surface area contributed by atoms with Crippen molar-refractivity contribution in [1.82, 2.24) is 20.5 Å². The fourth-order valence-corrected chi connectivity index (χ4v) is 5.03. The molecule has 0 bridgehead atoms. The number of carbonyl (C=O) groups excluding carboxylic acids is 1. The average molecular weight is 496 g/mol. The minimum absolute atomic E-state index is 0.0987. The lowest BCUT2D eigenvalue weighted by Crippen LogP contribution is -2.42. The van der Waals surface area contributed by atoms with Gasteiger partial charge in [-0.2, -0.15) is 0 Å². The molecular formula is C27H37N5O4. The van der Waals surface area contributed by atoms with Gasteiger partial charge in [-0.15, -0.1) is 0 Å². The molecule has 36 heavy (non-hydrogen) atoms. The lowest BCUT2D eigenvalue weighted by atomic mass is 9.93. The van der Waals surface area contributed by atoms with Crippen LogP contribution < -0.4 is 20.7 Å². The molecule has 1 amide bonds. The molecule has 9 nitrogen and oxygen atoms in total. The molecule has 0 radical (unpaired) electrons. The van der Waals surface area contributed by atoms with Crippen molar-refractivity contribution in [1.29, 1.82) is 0 Å². The van der Waals surface area contributed by atoms with E-state index in [0.29, 0.717) is 31.6 Å². The van der Waals surface area contributed by atoms with Crippen molar-refractivity contribution in [3.63, 3.8) is 0 Å². The number of anilines is 1. The average Bonchev–Trinajstić information content (AvgIpc) is 3.38. The molecule has 9 heteroatoms. The number of aliphatic hydroxyl groups is 1. The smallest absolute Gasteiger partial charge is 0.270 e. The van der Waals surface area contributed by atoms with Gasteiger partial charge in [0.15, 0.2) is 0 Å². The van der Waals surface area contributed by atoms with Gasteiger partial charge in [0.2, 0.25) is 0 Å². The van der Waals surface area contributed by atoms with Gasteiger partial charge in [0.25, 0.3) is 5.91 Å². The highest BCUT2D eigenvalue weighted by Gasteiger charge is 2.23. The van der Waals surface area contributed by atoms with Crippen molar-refractivity contribution < 1.29 is 19.4 Å². The van der Waals surface area contributed by atoms with E-state index in [9.17, 15) is 9.90 Å². The summed E-state index contributed by atoms with van der Waals surface area (Å²) in [4.78, 5) is 19.0. The predicted molar refractivity (Wildman–Crippen MR) is 137 cm³/mol. The van der Waals surface area contributed by atoms with Crippen LogP contribution in [-0.2, 0) is 17.7 Å². The van der Waals surface area contributed by atoms with E-state index in [1.54, 1.807) is 12.3 Å². The maximum absolute atomic E-state index is 12.6. The summed E-state index contributed by atoms with van der Waals surface area (Å²) in [7, 11) is 0. The van der Waals surface area contributed by atoms with Crippen LogP contribution in [0.15, 0.2) is 30.5 Å². The highest BCUT2D eigenvalue weighted by molar-refractivity contribution is 5.93. The summed E-state index contributed by atoms with van der Waals surface area (Å²) < 4.78 is 11.6. The van der Waals surface area contributed by atoms with E-state index < -0.39 is 6.10 Å². The Morgan fingerprint density at radius 1 is 1.36 bits per heavy atom. The van der Waals surface area contributed by atoms with Crippen molar-refractivity contribution in [2.24, 2.45) is 0 Å². The Balaban J connectivity index is 1.09. The summed E-state index contributed by atoms with van der Waals surface area (Å²) in [5, 5.41) is 20.0. The van der Waals surface area contributed by atoms with E-state index >= 15 is 0 Å². The number of ether oxygens (including phenoxy) is 2. The summed E-state index contributed by atoms with van der Waals surface area (Å²) in [5.41, 5.74) is 5.06. The van der Waals surface area contributed by atoms with Crippen molar-refractivity contribution in [2.75, 3.05) is 44.8 Å². The van der Waals surface area contributed by atoms with Gasteiger partial charge in [0.05, 0.1) is 12.8 Å². The van der Waals surface area contributed by atoms with Crippen LogP contribution in [0.4, 0.5) is 5.69 Å². The summed E-state index contributed by atoms with van der Waals surface area (Å²) in [5.74, 6) is 0.651. The second-order valence-corrected chi connectivity index (χ2v) is 10.1. The van der Waals surface area contributed by atoms with E-state index in [0.717, 1.165) is 37.5 Å². The highest BCUT2D eigenvalue weighted by Crippen LogP contribution is 2.29. The zero-order valence-corrected chi connectivity index (χ0v) is 21.0. The Morgan fingerprint density at radius 2 is 2.25 bits per heavy atom. The summed E-state index contributed by atoms with van der Waals surface area (Å²) in [6, 6.07) is 8.32. The lowest BCUT2D eigenvalue weighted by Gasteiger charge is -2.31. The first kappa shape index (κ1) is 25.0. The Kier molecular flexibility index (Phi) is 8.01. The Bertz CT molecular complexity index is 1050. The Morgan fingerprint density at radius 3 is 3.03 bits per heavy atom. The SMILES string of the molecule is Cc1c(OCC2CNCO2)ccc2c1CCN(C[C@@H](O)CNC(=O)c1cc(NC3CCC3)ccn1)C2. The fourth-order valence-electron chi connectivity index (χ4n) is 5.03. The first-order chi connectivity index (χ1) is 17.5. The molecule has 0 spiro atoms. The number of pyridine rings is 1. The van der Waals surface area contributed by atoms with E-state index in [1.807, 2.05) is 12.1 Å². The number of hydrogen-bond donors (Lipinski definition) is 4. The minimum Gasteiger partial charge on any atom is -0.491 e. The van der Waals surface area contributed by atoms with E-state index in [2.05, 4.69) is 38.8 Å². The standard InChI is InChI=1S/C27H37N5O4/c1-18-24-8-10-32(14-19(24)5-6-26(18)35-16-23-13-28-17-36-23)15-22(33)12-30-27(34)25-11-21(7-9-29-25)31-20-3-2-4-20/h5-7,9,11,20,22-23,28,33H,2-4,8,10,12-17H2,1H3,(H,29,31)(H,30,34)/t22-,23?/m0/s1. The second-order valence-electron chi connectivity index (χ2n) is 10.1. The van der Waals surface area contributed by atoms with Gasteiger partial charge in [-0.25, -0.2) is 0 Å². The third-order valence-electron chi connectivity index (χ3n) is 7.37.